The van der Waals surface area contributed by atoms with Gasteiger partial charge in [-0.1, -0.05) is 66.7 Å². The highest BCUT2D eigenvalue weighted by atomic mass is 16.2. The summed E-state index contributed by atoms with van der Waals surface area (Å²) in [4.78, 5) is 24.4. The van der Waals surface area contributed by atoms with Gasteiger partial charge in [-0.3, -0.25) is 4.79 Å². The number of benzene rings is 3. The van der Waals surface area contributed by atoms with Crippen molar-refractivity contribution in [1.29, 1.82) is 0 Å². The molecule has 3 N–H and O–H groups in total. The van der Waals surface area contributed by atoms with E-state index in [2.05, 4.69) is 22.5 Å². The molecule has 152 valence electrons. The molecule has 0 saturated heterocycles. The third-order valence-electron chi connectivity index (χ3n) is 4.63. The highest BCUT2D eigenvalue weighted by Crippen LogP contribution is 2.28. The van der Waals surface area contributed by atoms with Gasteiger partial charge in [0.15, 0.2) is 0 Å². The zero-order valence-corrected chi connectivity index (χ0v) is 16.7. The molecule has 0 radical (unpaired) electrons. The Labute approximate surface area is 176 Å². The number of nitrogens with one attached hydrogen (secondary N) is 3. The van der Waals surface area contributed by atoms with E-state index in [0.717, 1.165) is 11.1 Å². The van der Waals surface area contributed by atoms with Crippen molar-refractivity contribution < 1.29 is 9.59 Å². The van der Waals surface area contributed by atoms with Crippen LogP contribution in [0.1, 0.15) is 23.5 Å². The average Bonchev–Trinajstić information content (AvgIpc) is 2.78. The van der Waals surface area contributed by atoms with Crippen molar-refractivity contribution in [1.82, 2.24) is 5.32 Å². The monoisotopic (exact) mass is 399 g/mol. The fourth-order valence-electron chi connectivity index (χ4n) is 3.17. The largest absolute Gasteiger partial charge is 0.334 e. The molecule has 30 heavy (non-hydrogen) atoms. The normalized spacial score (nSPS) is 10.3. The van der Waals surface area contributed by atoms with Crippen LogP contribution in [0, 0.1) is 0 Å². The first-order valence-electron chi connectivity index (χ1n) is 9.81. The maximum atomic E-state index is 12.8. The van der Waals surface area contributed by atoms with Crippen LogP contribution >= 0.6 is 0 Å². The van der Waals surface area contributed by atoms with Gasteiger partial charge in [-0.05, 0) is 35.4 Å². The summed E-state index contributed by atoms with van der Waals surface area (Å²) < 4.78 is 0. The van der Waals surface area contributed by atoms with E-state index in [9.17, 15) is 9.59 Å². The smallest absolute Gasteiger partial charge is 0.319 e. The summed E-state index contributed by atoms with van der Waals surface area (Å²) in [6.07, 6.45) is 1.94. The molecule has 3 aromatic carbocycles. The third-order valence-corrected chi connectivity index (χ3v) is 4.63. The second kappa shape index (κ2) is 10.6. The summed E-state index contributed by atoms with van der Waals surface area (Å²) in [5, 5.41) is 8.31. The number of urea groups is 1. The van der Waals surface area contributed by atoms with E-state index in [0.29, 0.717) is 24.3 Å². The van der Waals surface area contributed by atoms with Crippen molar-refractivity contribution in [3.05, 3.63) is 109 Å². The Bertz CT molecular complexity index is 931. The van der Waals surface area contributed by atoms with E-state index in [1.165, 1.54) is 0 Å². The molecule has 0 bridgehead atoms. The standard InChI is InChI=1S/C25H25N3O2/c1-2-17-26-25(30)28-22-15-13-21(14-16-22)27-24(29)18-23(19-9-5-3-6-10-19)20-11-7-4-8-12-20/h2-16,23H,1,17-18H2,(H,27,29)(H2,26,28,30). The topological polar surface area (TPSA) is 70.2 Å². The van der Waals surface area contributed by atoms with Crippen molar-refractivity contribution in [3.63, 3.8) is 0 Å². The molecule has 0 heterocycles. The summed E-state index contributed by atoms with van der Waals surface area (Å²) in [5.41, 5.74) is 3.52. The average molecular weight is 399 g/mol. The van der Waals surface area contributed by atoms with Crippen LogP contribution in [0.15, 0.2) is 97.6 Å². The molecule has 0 saturated carbocycles. The lowest BCUT2D eigenvalue weighted by Crippen LogP contribution is -2.28. The molecule has 3 aromatic rings. The van der Waals surface area contributed by atoms with Crippen LogP contribution in [-0.4, -0.2) is 18.5 Å². The Morgan fingerprint density at radius 2 is 1.27 bits per heavy atom. The van der Waals surface area contributed by atoms with E-state index in [1.54, 1.807) is 30.3 Å². The molecule has 0 aromatic heterocycles. The number of amides is 3. The molecule has 5 nitrogen and oxygen atoms in total. The predicted octanol–water partition coefficient (Wildman–Crippen LogP) is 5.15. The molecule has 0 unspecified atom stereocenters. The van der Waals surface area contributed by atoms with Crippen LogP contribution in [0.25, 0.3) is 0 Å². The van der Waals surface area contributed by atoms with Gasteiger partial charge in [0.2, 0.25) is 5.91 Å². The maximum absolute atomic E-state index is 12.8. The molecule has 0 aliphatic carbocycles. The number of anilines is 2. The Hall–Kier alpha value is -3.86. The van der Waals surface area contributed by atoms with Gasteiger partial charge in [-0.25, -0.2) is 4.79 Å². The molecule has 3 amide bonds. The van der Waals surface area contributed by atoms with E-state index >= 15 is 0 Å². The Balaban J connectivity index is 1.64. The first kappa shape index (κ1) is 20.9. The molecule has 5 heteroatoms. The maximum Gasteiger partial charge on any atom is 0.319 e. The van der Waals surface area contributed by atoms with Crippen LogP contribution in [0.3, 0.4) is 0 Å². The van der Waals surface area contributed by atoms with Gasteiger partial charge in [-0.15, -0.1) is 6.58 Å². The lowest BCUT2D eigenvalue weighted by molar-refractivity contribution is -0.116. The molecule has 0 aliphatic rings. The van der Waals surface area contributed by atoms with Crippen LogP contribution in [0.4, 0.5) is 16.2 Å². The fourth-order valence-corrected chi connectivity index (χ4v) is 3.17. The van der Waals surface area contributed by atoms with Crippen molar-refractivity contribution in [3.8, 4) is 0 Å². The highest BCUT2D eigenvalue weighted by molar-refractivity contribution is 5.93. The zero-order chi connectivity index (χ0) is 21.2. The van der Waals surface area contributed by atoms with E-state index in [-0.39, 0.29) is 17.9 Å². The number of rotatable bonds is 8. The van der Waals surface area contributed by atoms with E-state index in [4.69, 9.17) is 0 Å². The van der Waals surface area contributed by atoms with Gasteiger partial charge in [0.05, 0.1) is 0 Å². The van der Waals surface area contributed by atoms with Crippen LogP contribution in [-0.2, 0) is 4.79 Å². The van der Waals surface area contributed by atoms with Gasteiger partial charge in [0.1, 0.15) is 0 Å². The number of hydrogen-bond acceptors (Lipinski definition) is 2. The lowest BCUT2D eigenvalue weighted by atomic mass is 9.88. The molecule has 0 atom stereocenters. The Morgan fingerprint density at radius 3 is 1.77 bits per heavy atom. The van der Waals surface area contributed by atoms with Gasteiger partial charge in [-0.2, -0.15) is 0 Å². The Morgan fingerprint density at radius 1 is 0.767 bits per heavy atom. The Kier molecular flexibility index (Phi) is 7.39. The minimum absolute atomic E-state index is 0.0260. The van der Waals surface area contributed by atoms with Crippen LogP contribution in [0.5, 0.6) is 0 Å². The first-order chi connectivity index (χ1) is 14.7. The van der Waals surface area contributed by atoms with Gasteiger partial charge >= 0.3 is 6.03 Å². The summed E-state index contributed by atoms with van der Waals surface area (Å²) in [7, 11) is 0. The first-order valence-corrected chi connectivity index (χ1v) is 9.81. The number of carbonyl (C=O) groups excluding carboxylic acids is 2. The minimum Gasteiger partial charge on any atom is -0.334 e. The molecule has 3 rings (SSSR count). The van der Waals surface area contributed by atoms with Crippen molar-refractivity contribution >= 4 is 23.3 Å². The second-order valence-electron chi connectivity index (χ2n) is 6.83. The highest BCUT2D eigenvalue weighted by Gasteiger charge is 2.18. The van der Waals surface area contributed by atoms with Gasteiger partial charge < -0.3 is 16.0 Å². The summed E-state index contributed by atoms with van der Waals surface area (Å²) in [5.74, 6) is -0.0981. The van der Waals surface area contributed by atoms with Gasteiger partial charge in [0, 0.05) is 30.3 Å². The summed E-state index contributed by atoms with van der Waals surface area (Å²) in [6, 6.07) is 26.8. The lowest BCUT2D eigenvalue weighted by Gasteiger charge is -2.18. The molecule has 0 fully saturated rings. The number of hydrogen-bond donors (Lipinski definition) is 3. The summed E-state index contributed by atoms with van der Waals surface area (Å²) in [6.45, 7) is 3.95. The second-order valence-corrected chi connectivity index (χ2v) is 6.83. The van der Waals surface area contributed by atoms with E-state index < -0.39 is 0 Å². The van der Waals surface area contributed by atoms with E-state index in [1.807, 2.05) is 60.7 Å². The van der Waals surface area contributed by atoms with Crippen LogP contribution < -0.4 is 16.0 Å². The van der Waals surface area contributed by atoms with Gasteiger partial charge in [0.25, 0.3) is 0 Å². The van der Waals surface area contributed by atoms with Crippen molar-refractivity contribution in [2.45, 2.75) is 12.3 Å². The SMILES string of the molecule is C=CCNC(=O)Nc1ccc(NC(=O)CC(c2ccccc2)c2ccccc2)cc1. The fraction of sp³-hybridized carbons (Fsp3) is 0.120. The zero-order valence-electron chi connectivity index (χ0n) is 16.7. The molecular weight excluding hydrogens is 374 g/mol. The van der Waals surface area contributed by atoms with Crippen molar-refractivity contribution in [2.24, 2.45) is 0 Å². The third kappa shape index (κ3) is 6.07. The quantitative estimate of drug-likeness (QED) is 0.458. The molecule has 0 aliphatic heterocycles. The molecule has 0 spiro atoms. The number of carbonyl (C=O) groups is 2. The minimum atomic E-state index is -0.305. The van der Waals surface area contributed by atoms with Crippen LogP contribution in [0.2, 0.25) is 0 Å². The van der Waals surface area contributed by atoms with Crippen molar-refractivity contribution in [2.75, 3.05) is 17.2 Å². The summed E-state index contributed by atoms with van der Waals surface area (Å²) >= 11 is 0. The predicted molar refractivity (Wildman–Crippen MR) is 122 cm³/mol. The molecular formula is C25H25N3O2.